The molecule has 0 aliphatic carbocycles. The van der Waals surface area contributed by atoms with Crippen LogP contribution in [-0.4, -0.2) is 42.3 Å². The predicted octanol–water partition coefficient (Wildman–Crippen LogP) is 1.75. The standard InChI is InChI=1S/C13H26N2O2/c1-6-7-8-11-12(16)15(10(2)14-11)9-13(3,4)17-5/h10-11,14H,6-9H2,1-5H3. The summed E-state index contributed by atoms with van der Waals surface area (Å²) in [5.74, 6) is 0.219. The van der Waals surface area contributed by atoms with Crippen LogP contribution in [0.4, 0.5) is 0 Å². The number of nitrogens with zero attached hydrogens (tertiary/aromatic N) is 1. The summed E-state index contributed by atoms with van der Waals surface area (Å²) in [4.78, 5) is 14.1. The Morgan fingerprint density at radius 1 is 1.47 bits per heavy atom. The third-order valence-corrected chi connectivity index (χ3v) is 3.44. The fourth-order valence-electron chi connectivity index (χ4n) is 2.15. The summed E-state index contributed by atoms with van der Waals surface area (Å²) in [7, 11) is 1.69. The number of carbonyl (C=O) groups is 1. The number of hydrogen-bond acceptors (Lipinski definition) is 3. The highest BCUT2D eigenvalue weighted by Gasteiger charge is 2.38. The van der Waals surface area contributed by atoms with Gasteiger partial charge in [-0.25, -0.2) is 0 Å². The molecule has 2 atom stereocenters. The first kappa shape index (κ1) is 14.5. The second kappa shape index (κ2) is 5.83. The highest BCUT2D eigenvalue weighted by atomic mass is 16.5. The minimum absolute atomic E-state index is 0.00222. The van der Waals surface area contributed by atoms with Crippen LogP contribution in [0, 0.1) is 0 Å². The average Bonchev–Trinajstić information content (AvgIpc) is 2.54. The van der Waals surface area contributed by atoms with E-state index in [0.717, 1.165) is 19.3 Å². The number of ether oxygens (including phenoxy) is 1. The van der Waals surface area contributed by atoms with Crippen LogP contribution < -0.4 is 5.32 Å². The quantitative estimate of drug-likeness (QED) is 0.771. The third-order valence-electron chi connectivity index (χ3n) is 3.44. The maximum absolute atomic E-state index is 12.2. The van der Waals surface area contributed by atoms with E-state index in [9.17, 15) is 4.79 Å². The lowest BCUT2D eigenvalue weighted by Gasteiger charge is -2.31. The van der Waals surface area contributed by atoms with E-state index in [0.29, 0.717) is 6.54 Å². The van der Waals surface area contributed by atoms with Gasteiger partial charge in [0.25, 0.3) is 0 Å². The number of nitrogens with one attached hydrogen (secondary N) is 1. The second-order valence-corrected chi connectivity index (χ2v) is 5.47. The van der Waals surface area contributed by atoms with Crippen molar-refractivity contribution in [1.82, 2.24) is 10.2 Å². The average molecular weight is 242 g/mol. The summed E-state index contributed by atoms with van der Waals surface area (Å²) in [6.07, 6.45) is 3.27. The maximum atomic E-state index is 12.2. The molecule has 1 rings (SSSR count). The van der Waals surface area contributed by atoms with Gasteiger partial charge in [-0.2, -0.15) is 0 Å². The van der Waals surface area contributed by atoms with E-state index >= 15 is 0 Å². The molecule has 100 valence electrons. The van der Waals surface area contributed by atoms with Crippen molar-refractivity contribution in [2.75, 3.05) is 13.7 Å². The first-order chi connectivity index (χ1) is 7.91. The normalized spacial score (nSPS) is 25.7. The molecule has 1 fully saturated rings. The van der Waals surface area contributed by atoms with E-state index in [1.54, 1.807) is 7.11 Å². The van der Waals surface area contributed by atoms with E-state index in [1.807, 2.05) is 25.7 Å². The molecule has 0 spiro atoms. The minimum Gasteiger partial charge on any atom is -0.377 e. The third kappa shape index (κ3) is 3.68. The number of methoxy groups -OCH3 is 1. The van der Waals surface area contributed by atoms with Crippen molar-refractivity contribution < 1.29 is 9.53 Å². The van der Waals surface area contributed by atoms with Gasteiger partial charge in [-0.15, -0.1) is 0 Å². The number of unbranched alkanes of at least 4 members (excludes halogenated alkanes) is 1. The van der Waals surface area contributed by atoms with Gasteiger partial charge in [-0.05, 0) is 27.2 Å². The summed E-state index contributed by atoms with van der Waals surface area (Å²) in [5.41, 5.74) is -0.286. The maximum Gasteiger partial charge on any atom is 0.241 e. The fourth-order valence-corrected chi connectivity index (χ4v) is 2.15. The van der Waals surface area contributed by atoms with Gasteiger partial charge < -0.3 is 9.64 Å². The minimum atomic E-state index is -0.286. The molecule has 0 bridgehead atoms. The Kier molecular flexibility index (Phi) is 4.95. The van der Waals surface area contributed by atoms with Crippen LogP contribution in [0.25, 0.3) is 0 Å². The van der Waals surface area contributed by atoms with Crippen LogP contribution in [0.2, 0.25) is 0 Å². The van der Waals surface area contributed by atoms with Crippen LogP contribution >= 0.6 is 0 Å². The molecule has 1 N–H and O–H groups in total. The number of amides is 1. The highest BCUT2D eigenvalue weighted by molar-refractivity contribution is 5.84. The zero-order valence-electron chi connectivity index (χ0n) is 11.7. The Balaban J connectivity index is 2.59. The van der Waals surface area contributed by atoms with Gasteiger partial charge in [-0.3, -0.25) is 10.1 Å². The molecule has 0 aromatic rings. The Hall–Kier alpha value is -0.610. The van der Waals surface area contributed by atoms with Gasteiger partial charge in [0.2, 0.25) is 5.91 Å². The van der Waals surface area contributed by atoms with Crippen LogP contribution in [0.3, 0.4) is 0 Å². The second-order valence-electron chi connectivity index (χ2n) is 5.47. The number of hydrogen-bond donors (Lipinski definition) is 1. The molecule has 1 heterocycles. The molecule has 4 heteroatoms. The highest BCUT2D eigenvalue weighted by Crippen LogP contribution is 2.19. The number of carbonyl (C=O) groups excluding carboxylic acids is 1. The Bertz CT molecular complexity index is 266. The summed E-state index contributed by atoms with van der Waals surface area (Å²) >= 11 is 0. The molecule has 0 aromatic carbocycles. The zero-order valence-corrected chi connectivity index (χ0v) is 11.7. The monoisotopic (exact) mass is 242 g/mol. The number of rotatable bonds is 6. The van der Waals surface area contributed by atoms with Crippen molar-refractivity contribution in [2.45, 2.75) is 64.8 Å². The van der Waals surface area contributed by atoms with Gasteiger partial charge in [-0.1, -0.05) is 19.8 Å². The topological polar surface area (TPSA) is 41.6 Å². The molecule has 0 radical (unpaired) electrons. The largest absolute Gasteiger partial charge is 0.377 e. The molecular weight excluding hydrogens is 216 g/mol. The SMILES string of the molecule is CCCCC1NC(C)N(CC(C)(C)OC)C1=O. The lowest BCUT2D eigenvalue weighted by atomic mass is 10.1. The van der Waals surface area contributed by atoms with Crippen molar-refractivity contribution >= 4 is 5.91 Å². The van der Waals surface area contributed by atoms with Crippen LogP contribution in [0.5, 0.6) is 0 Å². The van der Waals surface area contributed by atoms with E-state index in [4.69, 9.17) is 4.74 Å². The van der Waals surface area contributed by atoms with Crippen LogP contribution in [0.15, 0.2) is 0 Å². The first-order valence-electron chi connectivity index (χ1n) is 6.53. The van der Waals surface area contributed by atoms with Crippen molar-refractivity contribution in [2.24, 2.45) is 0 Å². The summed E-state index contributed by atoms with van der Waals surface area (Å²) in [6, 6.07) is -0.00222. The molecule has 0 saturated carbocycles. The lowest BCUT2D eigenvalue weighted by Crippen LogP contribution is -2.45. The first-order valence-corrected chi connectivity index (χ1v) is 6.53. The van der Waals surface area contributed by atoms with E-state index < -0.39 is 0 Å². The van der Waals surface area contributed by atoms with Crippen molar-refractivity contribution in [3.8, 4) is 0 Å². The molecule has 1 amide bonds. The Morgan fingerprint density at radius 3 is 2.65 bits per heavy atom. The van der Waals surface area contributed by atoms with E-state index in [1.165, 1.54) is 0 Å². The molecule has 2 unspecified atom stereocenters. The van der Waals surface area contributed by atoms with E-state index in [2.05, 4.69) is 12.2 Å². The molecule has 17 heavy (non-hydrogen) atoms. The summed E-state index contributed by atoms with van der Waals surface area (Å²) in [6.45, 7) is 8.84. The Labute approximate surface area is 105 Å². The van der Waals surface area contributed by atoms with Gasteiger partial charge in [0.15, 0.2) is 0 Å². The van der Waals surface area contributed by atoms with Gasteiger partial charge >= 0.3 is 0 Å². The van der Waals surface area contributed by atoms with Crippen LogP contribution in [-0.2, 0) is 9.53 Å². The molecule has 1 aliphatic rings. The van der Waals surface area contributed by atoms with Gasteiger partial charge in [0, 0.05) is 7.11 Å². The van der Waals surface area contributed by atoms with Crippen LogP contribution in [0.1, 0.15) is 47.0 Å². The summed E-state index contributed by atoms with van der Waals surface area (Å²) in [5, 5.41) is 3.36. The zero-order chi connectivity index (χ0) is 13.1. The van der Waals surface area contributed by atoms with Gasteiger partial charge in [0.05, 0.1) is 24.4 Å². The fraction of sp³-hybridized carbons (Fsp3) is 0.923. The predicted molar refractivity (Wildman–Crippen MR) is 68.7 cm³/mol. The molecule has 1 saturated heterocycles. The van der Waals surface area contributed by atoms with Crippen molar-refractivity contribution in [3.63, 3.8) is 0 Å². The van der Waals surface area contributed by atoms with Gasteiger partial charge in [0.1, 0.15) is 0 Å². The molecule has 0 aromatic heterocycles. The lowest BCUT2D eigenvalue weighted by molar-refractivity contribution is -0.133. The van der Waals surface area contributed by atoms with Crippen molar-refractivity contribution in [3.05, 3.63) is 0 Å². The molecular formula is C13H26N2O2. The van der Waals surface area contributed by atoms with E-state index in [-0.39, 0.29) is 23.7 Å². The molecule has 4 nitrogen and oxygen atoms in total. The molecule has 1 aliphatic heterocycles. The van der Waals surface area contributed by atoms with Crippen molar-refractivity contribution in [1.29, 1.82) is 0 Å². The smallest absolute Gasteiger partial charge is 0.241 e. The summed E-state index contributed by atoms with van der Waals surface area (Å²) < 4.78 is 5.39. The Morgan fingerprint density at radius 2 is 2.12 bits per heavy atom.